The van der Waals surface area contributed by atoms with E-state index in [1.54, 1.807) is 48.5 Å². The summed E-state index contributed by atoms with van der Waals surface area (Å²) in [5, 5.41) is 0. The Kier molecular flexibility index (Phi) is 5.07. The van der Waals surface area contributed by atoms with Crippen LogP contribution in [0.3, 0.4) is 0 Å². The van der Waals surface area contributed by atoms with Gasteiger partial charge in [0.1, 0.15) is 18.1 Å². The lowest BCUT2D eigenvalue weighted by atomic mass is 10.1. The molecule has 4 rings (SSSR count). The second kappa shape index (κ2) is 7.98. The number of rotatable bonds is 6. The van der Waals surface area contributed by atoms with E-state index < -0.39 is 5.97 Å². The molecule has 0 saturated heterocycles. The van der Waals surface area contributed by atoms with Gasteiger partial charge in [0, 0.05) is 0 Å². The van der Waals surface area contributed by atoms with Crippen molar-refractivity contribution in [3.63, 3.8) is 0 Å². The second-order valence-electron chi connectivity index (χ2n) is 6.39. The molecule has 0 aromatic heterocycles. The maximum absolute atomic E-state index is 12.3. The van der Waals surface area contributed by atoms with Gasteiger partial charge in [0.25, 0.3) is 11.8 Å². The van der Waals surface area contributed by atoms with Crippen LogP contribution in [0.2, 0.25) is 0 Å². The molecule has 144 valence electrons. The normalized spacial score (nSPS) is 12.6. The summed E-state index contributed by atoms with van der Waals surface area (Å²) in [6, 6.07) is 22.5. The average Bonchev–Trinajstić information content (AvgIpc) is 3.00. The Labute approximate surface area is 167 Å². The number of esters is 1. The number of imide groups is 1. The zero-order valence-electron chi connectivity index (χ0n) is 15.4. The molecule has 3 aromatic carbocycles. The summed E-state index contributed by atoms with van der Waals surface area (Å²) in [6.07, 6.45) is 0. The fourth-order valence-corrected chi connectivity index (χ4v) is 3.07. The van der Waals surface area contributed by atoms with Crippen LogP contribution in [0.1, 0.15) is 31.1 Å². The van der Waals surface area contributed by atoms with E-state index in [4.69, 9.17) is 9.47 Å². The van der Waals surface area contributed by atoms with Gasteiger partial charge in [-0.3, -0.25) is 14.5 Å². The van der Waals surface area contributed by atoms with Crippen LogP contribution in [-0.2, 0) is 4.74 Å². The lowest BCUT2D eigenvalue weighted by Crippen LogP contribution is -2.33. The minimum absolute atomic E-state index is 0.00169. The molecule has 0 unspecified atom stereocenters. The number of amides is 2. The predicted molar refractivity (Wildman–Crippen MR) is 105 cm³/mol. The number of hydrogen-bond acceptors (Lipinski definition) is 5. The Morgan fingerprint density at radius 3 is 2.07 bits per heavy atom. The second-order valence-corrected chi connectivity index (χ2v) is 6.39. The first-order valence-electron chi connectivity index (χ1n) is 9.09. The third-order valence-corrected chi connectivity index (χ3v) is 4.47. The van der Waals surface area contributed by atoms with Gasteiger partial charge >= 0.3 is 5.97 Å². The molecule has 0 atom stereocenters. The molecule has 29 heavy (non-hydrogen) atoms. The highest BCUT2D eigenvalue weighted by molar-refractivity contribution is 6.21. The van der Waals surface area contributed by atoms with E-state index in [0.717, 1.165) is 4.90 Å². The lowest BCUT2D eigenvalue weighted by Gasteiger charge is -2.14. The van der Waals surface area contributed by atoms with E-state index in [-0.39, 0.29) is 25.0 Å². The SMILES string of the molecule is O=C(OCCN1C(=O)c2ccccc2C1=O)c1cccc(Oc2ccccc2)c1. The first kappa shape index (κ1) is 18.4. The number of benzene rings is 3. The number of nitrogens with zero attached hydrogens (tertiary/aromatic N) is 1. The maximum atomic E-state index is 12.3. The van der Waals surface area contributed by atoms with E-state index in [9.17, 15) is 14.4 Å². The summed E-state index contributed by atoms with van der Waals surface area (Å²) in [6.45, 7) is -0.0909. The minimum atomic E-state index is -0.555. The number of ether oxygens (including phenoxy) is 2. The van der Waals surface area contributed by atoms with Crippen LogP contribution in [0.15, 0.2) is 78.9 Å². The van der Waals surface area contributed by atoms with Crippen molar-refractivity contribution in [3.8, 4) is 11.5 Å². The van der Waals surface area contributed by atoms with E-state index in [0.29, 0.717) is 28.2 Å². The highest BCUT2D eigenvalue weighted by Gasteiger charge is 2.34. The van der Waals surface area contributed by atoms with Gasteiger partial charge in [-0.2, -0.15) is 0 Å². The highest BCUT2D eigenvalue weighted by Crippen LogP contribution is 2.23. The molecule has 3 aromatic rings. The molecule has 0 N–H and O–H groups in total. The molecule has 0 bridgehead atoms. The van der Waals surface area contributed by atoms with E-state index in [1.807, 2.05) is 30.3 Å². The molecular weight excluding hydrogens is 370 g/mol. The topological polar surface area (TPSA) is 72.9 Å². The Hall–Kier alpha value is -3.93. The van der Waals surface area contributed by atoms with Crippen LogP contribution in [0.25, 0.3) is 0 Å². The largest absolute Gasteiger partial charge is 0.460 e. The Balaban J connectivity index is 1.35. The molecule has 1 aliphatic rings. The molecular formula is C23H17NO5. The number of fused-ring (bicyclic) bond motifs is 1. The van der Waals surface area contributed by atoms with Crippen LogP contribution in [0, 0.1) is 0 Å². The summed E-state index contributed by atoms with van der Waals surface area (Å²) < 4.78 is 11.0. The first-order valence-corrected chi connectivity index (χ1v) is 9.09. The molecule has 0 spiro atoms. The zero-order valence-corrected chi connectivity index (χ0v) is 15.4. The fraction of sp³-hybridized carbons (Fsp3) is 0.0870. The van der Waals surface area contributed by atoms with Gasteiger partial charge in [0.05, 0.1) is 23.2 Å². The summed E-state index contributed by atoms with van der Waals surface area (Å²) in [5.41, 5.74) is 1.06. The van der Waals surface area contributed by atoms with E-state index in [2.05, 4.69) is 0 Å². The van der Waals surface area contributed by atoms with Crippen LogP contribution < -0.4 is 4.74 Å². The number of carbonyl (C=O) groups excluding carboxylic acids is 3. The van der Waals surface area contributed by atoms with Gasteiger partial charge in [-0.25, -0.2) is 4.79 Å². The fourth-order valence-electron chi connectivity index (χ4n) is 3.07. The number of hydrogen-bond donors (Lipinski definition) is 0. The zero-order chi connectivity index (χ0) is 20.2. The van der Waals surface area contributed by atoms with Gasteiger partial charge < -0.3 is 9.47 Å². The van der Waals surface area contributed by atoms with Crippen molar-refractivity contribution in [3.05, 3.63) is 95.6 Å². The smallest absolute Gasteiger partial charge is 0.338 e. The molecule has 0 aliphatic carbocycles. The van der Waals surface area contributed by atoms with Crippen molar-refractivity contribution in [1.82, 2.24) is 4.90 Å². The Morgan fingerprint density at radius 1 is 0.759 bits per heavy atom. The van der Waals surface area contributed by atoms with Crippen LogP contribution in [0.5, 0.6) is 11.5 Å². The van der Waals surface area contributed by atoms with Crippen molar-refractivity contribution in [2.24, 2.45) is 0 Å². The van der Waals surface area contributed by atoms with Crippen LogP contribution in [-0.4, -0.2) is 35.8 Å². The predicted octanol–water partition coefficient (Wildman–Crippen LogP) is 3.93. The lowest BCUT2D eigenvalue weighted by molar-refractivity contribution is 0.0420. The molecule has 1 aliphatic heterocycles. The van der Waals surface area contributed by atoms with Crippen LogP contribution >= 0.6 is 0 Å². The third kappa shape index (κ3) is 3.87. The first-order chi connectivity index (χ1) is 14.1. The van der Waals surface area contributed by atoms with E-state index in [1.165, 1.54) is 0 Å². The summed E-state index contributed by atoms with van der Waals surface area (Å²) in [5.74, 6) is -0.144. The summed E-state index contributed by atoms with van der Waals surface area (Å²) in [4.78, 5) is 38.1. The molecule has 6 heteroatoms. The molecule has 1 heterocycles. The molecule has 6 nitrogen and oxygen atoms in total. The maximum Gasteiger partial charge on any atom is 0.338 e. The van der Waals surface area contributed by atoms with Gasteiger partial charge in [0.2, 0.25) is 0 Å². The molecule has 2 amide bonds. The van der Waals surface area contributed by atoms with Gasteiger partial charge in [-0.15, -0.1) is 0 Å². The van der Waals surface area contributed by atoms with Crippen LogP contribution in [0.4, 0.5) is 0 Å². The monoisotopic (exact) mass is 387 g/mol. The van der Waals surface area contributed by atoms with Crippen molar-refractivity contribution >= 4 is 17.8 Å². The minimum Gasteiger partial charge on any atom is -0.460 e. The number of para-hydroxylation sites is 1. The highest BCUT2D eigenvalue weighted by atomic mass is 16.5. The Morgan fingerprint density at radius 2 is 1.38 bits per heavy atom. The quantitative estimate of drug-likeness (QED) is 0.473. The molecule has 0 radical (unpaired) electrons. The van der Waals surface area contributed by atoms with Crippen molar-refractivity contribution in [2.45, 2.75) is 0 Å². The number of carbonyl (C=O) groups is 3. The summed E-state index contributed by atoms with van der Waals surface area (Å²) in [7, 11) is 0. The van der Waals surface area contributed by atoms with Crippen molar-refractivity contribution in [1.29, 1.82) is 0 Å². The van der Waals surface area contributed by atoms with Gasteiger partial charge in [-0.05, 0) is 42.5 Å². The standard InChI is InChI=1S/C23H17NO5/c25-21-19-11-4-5-12-20(19)22(26)24(21)13-14-28-23(27)16-7-6-10-18(15-16)29-17-8-2-1-3-9-17/h1-12,15H,13-14H2. The average molecular weight is 387 g/mol. The third-order valence-electron chi connectivity index (χ3n) is 4.47. The molecule has 0 fully saturated rings. The van der Waals surface area contributed by atoms with Gasteiger partial charge in [0.15, 0.2) is 0 Å². The summed E-state index contributed by atoms with van der Waals surface area (Å²) >= 11 is 0. The Bertz CT molecular complexity index is 1040. The molecule has 0 saturated carbocycles. The van der Waals surface area contributed by atoms with Gasteiger partial charge in [-0.1, -0.05) is 36.4 Å². The van der Waals surface area contributed by atoms with Crippen molar-refractivity contribution in [2.75, 3.05) is 13.2 Å². The van der Waals surface area contributed by atoms with Crippen molar-refractivity contribution < 1.29 is 23.9 Å². The van der Waals surface area contributed by atoms with E-state index >= 15 is 0 Å².